The van der Waals surface area contributed by atoms with Gasteiger partial charge in [0.15, 0.2) is 0 Å². The highest BCUT2D eigenvalue weighted by atomic mass is 16.5. The van der Waals surface area contributed by atoms with Gasteiger partial charge in [0.25, 0.3) is 0 Å². The summed E-state index contributed by atoms with van der Waals surface area (Å²) >= 11 is 0. The standard InChI is InChI=1S/C20H23BN2O5/c22-10-14-5-4-12(6-15(14)11-23)7-17(24)9-16-8-13-2-1-3-18(20(25)26)19(13)28-21(16)27/h1-6,16,27H,7-11,22-23H2,(H,25,26)/t16-/m1/s1. The molecule has 0 unspecified atom stereocenters. The molecule has 8 heteroatoms. The average Bonchev–Trinajstić information content (AvgIpc) is 2.67. The third-order valence-electron chi connectivity index (χ3n) is 5.05. The zero-order valence-corrected chi connectivity index (χ0v) is 15.4. The largest absolute Gasteiger partial charge is 0.535 e. The number of hydrogen-bond acceptors (Lipinski definition) is 6. The fraction of sp³-hybridized carbons (Fsp3) is 0.300. The lowest BCUT2D eigenvalue weighted by Crippen LogP contribution is -2.36. The van der Waals surface area contributed by atoms with Crippen LogP contribution in [0.5, 0.6) is 5.75 Å². The summed E-state index contributed by atoms with van der Waals surface area (Å²) in [4.78, 5) is 23.9. The number of rotatable bonds is 7. The van der Waals surface area contributed by atoms with Crippen LogP contribution in [0.3, 0.4) is 0 Å². The van der Waals surface area contributed by atoms with E-state index in [1.807, 2.05) is 18.2 Å². The van der Waals surface area contributed by atoms with Crippen LogP contribution >= 0.6 is 0 Å². The summed E-state index contributed by atoms with van der Waals surface area (Å²) in [6.45, 7) is 0.747. The number of para-hydroxylation sites is 1. The van der Waals surface area contributed by atoms with Gasteiger partial charge in [-0.2, -0.15) is 0 Å². The van der Waals surface area contributed by atoms with E-state index in [9.17, 15) is 19.7 Å². The van der Waals surface area contributed by atoms with Crippen LogP contribution < -0.4 is 16.1 Å². The summed E-state index contributed by atoms with van der Waals surface area (Å²) < 4.78 is 5.45. The van der Waals surface area contributed by atoms with Crippen molar-refractivity contribution in [1.82, 2.24) is 0 Å². The fourth-order valence-electron chi connectivity index (χ4n) is 3.60. The van der Waals surface area contributed by atoms with Gasteiger partial charge >= 0.3 is 13.1 Å². The van der Waals surface area contributed by atoms with Gasteiger partial charge in [0.1, 0.15) is 11.5 Å². The van der Waals surface area contributed by atoms with Gasteiger partial charge in [0.05, 0.1) is 5.56 Å². The first-order valence-electron chi connectivity index (χ1n) is 9.15. The molecule has 0 radical (unpaired) electrons. The van der Waals surface area contributed by atoms with Crippen LogP contribution in [0, 0.1) is 0 Å². The Labute approximate surface area is 163 Å². The maximum atomic E-state index is 12.6. The molecule has 1 aliphatic heterocycles. The van der Waals surface area contributed by atoms with Crippen LogP contribution in [-0.2, 0) is 30.7 Å². The van der Waals surface area contributed by atoms with E-state index in [4.69, 9.17) is 16.1 Å². The van der Waals surface area contributed by atoms with E-state index >= 15 is 0 Å². The van der Waals surface area contributed by atoms with Crippen molar-refractivity contribution in [1.29, 1.82) is 0 Å². The highest BCUT2D eigenvalue weighted by Gasteiger charge is 2.37. The van der Waals surface area contributed by atoms with Crippen molar-refractivity contribution in [2.75, 3.05) is 0 Å². The van der Waals surface area contributed by atoms with Crippen LogP contribution in [0.25, 0.3) is 0 Å². The number of Topliss-reactive ketones (excluding diaryl/α,β-unsaturated/α-hetero) is 1. The zero-order chi connectivity index (χ0) is 20.3. The molecule has 0 aromatic heterocycles. The maximum absolute atomic E-state index is 12.6. The summed E-state index contributed by atoms with van der Waals surface area (Å²) in [6.07, 6.45) is 0.737. The molecule has 146 valence electrons. The molecule has 0 fully saturated rings. The van der Waals surface area contributed by atoms with Gasteiger partial charge in [0, 0.05) is 31.7 Å². The summed E-state index contributed by atoms with van der Waals surface area (Å²) in [5.74, 6) is -1.40. The van der Waals surface area contributed by atoms with Gasteiger partial charge in [-0.3, -0.25) is 4.79 Å². The molecule has 0 bridgehead atoms. The minimum atomic E-state index is -1.23. The third-order valence-corrected chi connectivity index (χ3v) is 5.05. The number of hydrogen-bond donors (Lipinski definition) is 4. The molecular formula is C20H23BN2O5. The highest BCUT2D eigenvalue weighted by molar-refractivity contribution is 6.47. The monoisotopic (exact) mass is 382 g/mol. The lowest BCUT2D eigenvalue weighted by molar-refractivity contribution is -0.118. The first kappa shape index (κ1) is 20.1. The van der Waals surface area contributed by atoms with Crippen LogP contribution in [0.1, 0.15) is 39.0 Å². The smallest absolute Gasteiger partial charge is 0.526 e. The van der Waals surface area contributed by atoms with Crippen LogP contribution in [0.2, 0.25) is 5.82 Å². The number of carbonyl (C=O) groups excluding carboxylic acids is 1. The third kappa shape index (κ3) is 4.25. The Morgan fingerprint density at radius 2 is 1.89 bits per heavy atom. The van der Waals surface area contributed by atoms with Gasteiger partial charge in [0.2, 0.25) is 0 Å². The number of nitrogens with two attached hydrogens (primary N) is 2. The summed E-state index contributed by atoms with van der Waals surface area (Å²) in [7, 11) is -1.23. The molecule has 0 spiro atoms. The van der Waals surface area contributed by atoms with Gasteiger partial charge in [-0.25, -0.2) is 4.79 Å². The predicted octanol–water partition coefficient (Wildman–Crippen LogP) is 1.29. The van der Waals surface area contributed by atoms with Crippen LogP contribution in [-0.4, -0.2) is 29.0 Å². The van der Waals surface area contributed by atoms with E-state index in [-0.39, 0.29) is 29.9 Å². The number of carboxylic acid groups (broad SMARTS) is 1. The van der Waals surface area contributed by atoms with E-state index in [0.717, 1.165) is 16.7 Å². The van der Waals surface area contributed by atoms with Crippen LogP contribution in [0.4, 0.5) is 0 Å². The first-order valence-corrected chi connectivity index (χ1v) is 9.15. The molecule has 0 aliphatic carbocycles. The predicted molar refractivity (Wildman–Crippen MR) is 105 cm³/mol. The SMILES string of the molecule is NCc1ccc(CC(=O)C[C@H]2Cc3cccc(C(=O)O)c3OB2O)cc1CN. The number of aromatic carboxylic acids is 1. The van der Waals surface area contributed by atoms with E-state index in [0.29, 0.717) is 25.1 Å². The molecule has 2 aromatic carbocycles. The number of carboxylic acids is 1. The van der Waals surface area contributed by atoms with Gasteiger partial charge in [-0.15, -0.1) is 0 Å². The van der Waals surface area contributed by atoms with Gasteiger partial charge < -0.3 is 26.3 Å². The second-order valence-corrected chi connectivity index (χ2v) is 7.00. The minimum Gasteiger partial charge on any atom is -0.535 e. The van der Waals surface area contributed by atoms with Crippen LogP contribution in [0.15, 0.2) is 36.4 Å². The van der Waals surface area contributed by atoms with Gasteiger partial charge in [-0.1, -0.05) is 30.3 Å². The van der Waals surface area contributed by atoms with Crippen molar-refractivity contribution in [2.24, 2.45) is 11.5 Å². The molecule has 3 rings (SSSR count). The Hall–Kier alpha value is -2.68. The Morgan fingerprint density at radius 3 is 2.57 bits per heavy atom. The topological polar surface area (TPSA) is 136 Å². The summed E-state index contributed by atoms with van der Waals surface area (Å²) in [5.41, 5.74) is 14.8. The molecular weight excluding hydrogens is 359 g/mol. The first-order chi connectivity index (χ1) is 13.4. The molecule has 2 aromatic rings. The summed E-state index contributed by atoms with van der Waals surface area (Å²) in [5, 5.41) is 19.5. The van der Waals surface area contributed by atoms with E-state index in [2.05, 4.69) is 0 Å². The Kier molecular flexibility index (Phi) is 6.13. The molecule has 7 nitrogen and oxygen atoms in total. The van der Waals surface area contributed by atoms with Crippen molar-refractivity contribution in [3.63, 3.8) is 0 Å². The van der Waals surface area contributed by atoms with Crippen molar-refractivity contribution in [3.05, 3.63) is 64.2 Å². The van der Waals surface area contributed by atoms with E-state index in [1.54, 1.807) is 12.1 Å². The number of carbonyl (C=O) groups is 2. The second-order valence-electron chi connectivity index (χ2n) is 7.00. The lowest BCUT2D eigenvalue weighted by atomic mass is 9.64. The lowest BCUT2D eigenvalue weighted by Gasteiger charge is -2.28. The Balaban J connectivity index is 1.70. The van der Waals surface area contributed by atoms with Crippen molar-refractivity contribution in [3.8, 4) is 5.75 Å². The van der Waals surface area contributed by atoms with E-state index < -0.39 is 18.9 Å². The number of ketones is 1. The zero-order valence-electron chi connectivity index (χ0n) is 15.4. The Bertz CT molecular complexity index is 902. The average molecular weight is 382 g/mol. The minimum absolute atomic E-state index is 0.00985. The molecule has 6 N–H and O–H groups in total. The highest BCUT2D eigenvalue weighted by Crippen LogP contribution is 2.36. The maximum Gasteiger partial charge on any atom is 0.526 e. The second kappa shape index (κ2) is 8.56. The molecule has 0 saturated heterocycles. The summed E-state index contributed by atoms with van der Waals surface area (Å²) in [6, 6.07) is 10.5. The Morgan fingerprint density at radius 1 is 1.14 bits per heavy atom. The molecule has 1 atom stereocenters. The fourth-order valence-corrected chi connectivity index (χ4v) is 3.60. The molecule has 1 heterocycles. The number of fused-ring (bicyclic) bond motifs is 1. The normalized spacial score (nSPS) is 15.7. The quantitative estimate of drug-likeness (QED) is 0.530. The van der Waals surface area contributed by atoms with E-state index in [1.165, 1.54) is 6.07 Å². The molecule has 28 heavy (non-hydrogen) atoms. The molecule has 0 saturated carbocycles. The molecule has 1 aliphatic rings. The molecule has 0 amide bonds. The number of benzene rings is 2. The van der Waals surface area contributed by atoms with Crippen molar-refractivity contribution < 1.29 is 24.4 Å². The van der Waals surface area contributed by atoms with Gasteiger partial charge in [-0.05, 0) is 34.7 Å². The van der Waals surface area contributed by atoms with Crippen molar-refractivity contribution >= 4 is 18.9 Å². The van der Waals surface area contributed by atoms with Crippen molar-refractivity contribution in [2.45, 2.75) is 38.2 Å².